The van der Waals surface area contributed by atoms with Gasteiger partial charge in [0.1, 0.15) is 23.9 Å². The summed E-state index contributed by atoms with van der Waals surface area (Å²) in [6, 6.07) is 15.9. The van der Waals surface area contributed by atoms with E-state index in [0.717, 1.165) is 35.8 Å². The van der Waals surface area contributed by atoms with Crippen LogP contribution < -0.4 is 9.47 Å². The zero-order valence-corrected chi connectivity index (χ0v) is 18.2. The first-order valence-electron chi connectivity index (χ1n) is 10.2. The summed E-state index contributed by atoms with van der Waals surface area (Å²) in [4.78, 5) is 17.9. The third kappa shape index (κ3) is 5.62. The Kier molecular flexibility index (Phi) is 6.84. The molecule has 1 aliphatic heterocycles. The first-order valence-corrected chi connectivity index (χ1v) is 11.1. The molecule has 0 atom stereocenters. The summed E-state index contributed by atoms with van der Waals surface area (Å²) >= 11 is 1.44. The van der Waals surface area contributed by atoms with E-state index in [4.69, 9.17) is 9.47 Å². The lowest BCUT2D eigenvalue weighted by Gasteiger charge is -2.34. The van der Waals surface area contributed by atoms with Crippen molar-refractivity contribution in [3.63, 3.8) is 0 Å². The molecule has 0 radical (unpaired) electrons. The quantitative estimate of drug-likeness (QED) is 0.545. The molecular weight excluding hydrogens is 415 g/mol. The van der Waals surface area contributed by atoms with E-state index >= 15 is 0 Å². The third-order valence-electron chi connectivity index (χ3n) is 5.31. The highest BCUT2D eigenvalue weighted by atomic mass is 32.1. The standard InChI is InChI=1S/C24H25FN2O3S/c1-29-21-6-2-18(3-7-21)15-26-10-12-27(13-11-26)24(28)23-14-19(17-31-23)16-30-22-8-4-20(25)5-9-22/h2-9,14,17H,10-13,15-16H2,1H3. The van der Waals surface area contributed by atoms with Gasteiger partial charge in [-0.25, -0.2) is 4.39 Å². The number of hydrogen-bond acceptors (Lipinski definition) is 5. The SMILES string of the molecule is COc1ccc(CN2CCN(C(=O)c3cc(COc4ccc(F)cc4)cs3)CC2)cc1. The van der Waals surface area contributed by atoms with Gasteiger partial charge < -0.3 is 14.4 Å². The van der Waals surface area contributed by atoms with E-state index in [-0.39, 0.29) is 11.7 Å². The van der Waals surface area contributed by atoms with E-state index < -0.39 is 0 Å². The Morgan fingerprint density at radius 2 is 1.65 bits per heavy atom. The Balaban J connectivity index is 1.26. The van der Waals surface area contributed by atoms with Gasteiger partial charge in [0.05, 0.1) is 12.0 Å². The highest BCUT2D eigenvalue weighted by molar-refractivity contribution is 7.12. The minimum atomic E-state index is -0.292. The summed E-state index contributed by atoms with van der Waals surface area (Å²) in [6.07, 6.45) is 0. The maximum Gasteiger partial charge on any atom is 0.264 e. The second-order valence-corrected chi connectivity index (χ2v) is 8.39. The fourth-order valence-electron chi connectivity index (χ4n) is 3.51. The van der Waals surface area contributed by atoms with E-state index in [2.05, 4.69) is 17.0 Å². The van der Waals surface area contributed by atoms with Gasteiger partial charge in [0.15, 0.2) is 0 Å². The van der Waals surface area contributed by atoms with Gasteiger partial charge in [-0.15, -0.1) is 11.3 Å². The molecule has 0 N–H and O–H groups in total. The summed E-state index contributed by atoms with van der Waals surface area (Å²) in [5.41, 5.74) is 2.18. The molecule has 1 fully saturated rings. The Hall–Kier alpha value is -2.90. The fraction of sp³-hybridized carbons (Fsp3) is 0.292. The van der Waals surface area contributed by atoms with E-state index in [1.165, 1.54) is 29.0 Å². The lowest BCUT2D eigenvalue weighted by molar-refractivity contribution is 0.0633. The van der Waals surface area contributed by atoms with Gasteiger partial charge in [0.2, 0.25) is 0 Å². The van der Waals surface area contributed by atoms with Crippen molar-refractivity contribution < 1.29 is 18.7 Å². The van der Waals surface area contributed by atoms with Crippen LogP contribution in [0.15, 0.2) is 60.0 Å². The minimum Gasteiger partial charge on any atom is -0.497 e. The molecule has 0 unspecified atom stereocenters. The van der Waals surface area contributed by atoms with Crippen molar-refractivity contribution in [3.05, 3.63) is 81.8 Å². The second-order valence-electron chi connectivity index (χ2n) is 7.48. The highest BCUT2D eigenvalue weighted by Gasteiger charge is 2.23. The molecule has 1 saturated heterocycles. The summed E-state index contributed by atoms with van der Waals surface area (Å²) < 4.78 is 23.9. The monoisotopic (exact) mass is 440 g/mol. The van der Waals surface area contributed by atoms with Crippen LogP contribution >= 0.6 is 11.3 Å². The number of amides is 1. The van der Waals surface area contributed by atoms with Gasteiger partial charge in [-0.05, 0) is 53.4 Å². The number of nitrogens with zero attached hydrogens (tertiary/aromatic N) is 2. The molecule has 2 heterocycles. The fourth-order valence-corrected chi connectivity index (χ4v) is 4.38. The van der Waals surface area contributed by atoms with Crippen molar-refractivity contribution in [1.82, 2.24) is 9.80 Å². The maximum atomic E-state index is 13.0. The lowest BCUT2D eigenvalue weighted by atomic mass is 10.2. The van der Waals surface area contributed by atoms with Crippen molar-refractivity contribution in [1.29, 1.82) is 0 Å². The molecule has 1 aromatic heterocycles. The van der Waals surface area contributed by atoms with E-state index in [1.807, 2.05) is 28.5 Å². The van der Waals surface area contributed by atoms with Crippen molar-refractivity contribution >= 4 is 17.2 Å². The molecule has 162 valence electrons. The molecule has 1 aliphatic rings. The van der Waals surface area contributed by atoms with Gasteiger partial charge >= 0.3 is 0 Å². The summed E-state index contributed by atoms with van der Waals surface area (Å²) in [6.45, 7) is 4.36. The van der Waals surface area contributed by atoms with Crippen LogP contribution in [0.4, 0.5) is 4.39 Å². The number of carbonyl (C=O) groups excluding carboxylic acids is 1. The molecule has 3 aromatic rings. The number of ether oxygens (including phenoxy) is 2. The summed E-state index contributed by atoms with van der Waals surface area (Å²) in [7, 11) is 1.67. The normalized spacial score (nSPS) is 14.5. The molecular formula is C24H25FN2O3S. The minimum absolute atomic E-state index is 0.0714. The first-order chi connectivity index (χ1) is 15.1. The number of carbonyl (C=O) groups is 1. The Morgan fingerprint density at radius 1 is 0.968 bits per heavy atom. The molecule has 7 heteroatoms. The molecule has 2 aromatic carbocycles. The van der Waals surface area contributed by atoms with Crippen LogP contribution in [0.25, 0.3) is 0 Å². The van der Waals surface area contributed by atoms with Crippen LogP contribution in [-0.2, 0) is 13.2 Å². The average Bonchev–Trinajstić information content (AvgIpc) is 3.28. The number of rotatable bonds is 7. The van der Waals surface area contributed by atoms with Gasteiger partial charge in [-0.1, -0.05) is 12.1 Å². The predicted molar refractivity (Wildman–Crippen MR) is 119 cm³/mol. The number of hydrogen-bond donors (Lipinski definition) is 0. The van der Waals surface area contributed by atoms with E-state index in [0.29, 0.717) is 25.4 Å². The van der Waals surface area contributed by atoms with Gasteiger partial charge in [0.25, 0.3) is 5.91 Å². The van der Waals surface area contributed by atoms with Crippen LogP contribution in [0.3, 0.4) is 0 Å². The number of thiophene rings is 1. The van der Waals surface area contributed by atoms with Crippen molar-refractivity contribution in [2.24, 2.45) is 0 Å². The highest BCUT2D eigenvalue weighted by Crippen LogP contribution is 2.21. The Labute approximate surface area is 185 Å². The summed E-state index contributed by atoms with van der Waals surface area (Å²) in [5, 5.41) is 1.94. The topological polar surface area (TPSA) is 42.0 Å². The largest absolute Gasteiger partial charge is 0.497 e. The second kappa shape index (κ2) is 9.94. The molecule has 5 nitrogen and oxygen atoms in total. The lowest BCUT2D eigenvalue weighted by Crippen LogP contribution is -2.48. The Morgan fingerprint density at radius 3 is 2.32 bits per heavy atom. The number of piperazine rings is 1. The zero-order valence-electron chi connectivity index (χ0n) is 17.4. The van der Waals surface area contributed by atoms with Crippen molar-refractivity contribution in [2.75, 3.05) is 33.3 Å². The number of methoxy groups -OCH3 is 1. The molecule has 0 aliphatic carbocycles. The smallest absolute Gasteiger partial charge is 0.264 e. The van der Waals surface area contributed by atoms with Crippen LogP contribution in [0.5, 0.6) is 11.5 Å². The molecule has 0 bridgehead atoms. The first kappa shape index (κ1) is 21.3. The molecule has 4 rings (SSSR count). The van der Waals surface area contributed by atoms with Crippen LogP contribution in [0.1, 0.15) is 20.8 Å². The van der Waals surface area contributed by atoms with Crippen molar-refractivity contribution in [2.45, 2.75) is 13.2 Å². The molecule has 0 saturated carbocycles. The van der Waals surface area contributed by atoms with E-state index in [1.54, 1.807) is 19.2 Å². The zero-order chi connectivity index (χ0) is 21.6. The van der Waals surface area contributed by atoms with Gasteiger partial charge in [-0.2, -0.15) is 0 Å². The van der Waals surface area contributed by atoms with Crippen molar-refractivity contribution in [3.8, 4) is 11.5 Å². The number of halogens is 1. The van der Waals surface area contributed by atoms with E-state index in [9.17, 15) is 9.18 Å². The predicted octanol–water partition coefficient (Wildman–Crippen LogP) is 4.43. The van der Waals surface area contributed by atoms with Gasteiger partial charge in [-0.3, -0.25) is 9.69 Å². The third-order valence-corrected chi connectivity index (χ3v) is 6.28. The average molecular weight is 441 g/mol. The molecule has 1 amide bonds. The Bertz CT molecular complexity index is 996. The van der Waals surface area contributed by atoms with Gasteiger partial charge in [0, 0.05) is 38.3 Å². The number of benzene rings is 2. The van der Waals surface area contributed by atoms with Crippen LogP contribution in [0, 0.1) is 5.82 Å². The summed E-state index contributed by atoms with van der Waals surface area (Å²) in [5.74, 6) is 1.24. The maximum absolute atomic E-state index is 13.0. The molecule has 0 spiro atoms. The molecule has 31 heavy (non-hydrogen) atoms. The van der Waals surface area contributed by atoms with Crippen LogP contribution in [-0.4, -0.2) is 49.0 Å². The van der Waals surface area contributed by atoms with Crippen LogP contribution in [0.2, 0.25) is 0 Å².